The van der Waals surface area contributed by atoms with E-state index in [0.717, 1.165) is 33.1 Å². The molecule has 5 aromatic carbocycles. The molecule has 1 aliphatic rings. The number of benzene rings is 5. The number of nitrogens with zero attached hydrogens (tertiary/aromatic N) is 3. The van der Waals surface area contributed by atoms with Crippen molar-refractivity contribution in [2.45, 2.75) is 0 Å². The molecule has 0 atom stereocenters. The van der Waals surface area contributed by atoms with Crippen LogP contribution in [0.5, 0.6) is 0 Å². The Bertz CT molecular complexity index is 2250. The van der Waals surface area contributed by atoms with Gasteiger partial charge in [0, 0.05) is 33.3 Å². The predicted molar refractivity (Wildman–Crippen MR) is 153 cm³/mol. The van der Waals surface area contributed by atoms with E-state index in [2.05, 4.69) is 113 Å². The van der Waals surface area contributed by atoms with Gasteiger partial charge in [0.2, 0.25) is 0 Å². The molecule has 3 heterocycles. The normalized spacial score (nSPS) is 12.3. The van der Waals surface area contributed by atoms with E-state index in [-0.39, 0.29) is 0 Å². The van der Waals surface area contributed by atoms with Crippen molar-refractivity contribution in [3.63, 3.8) is 0 Å². The largest absolute Gasteiger partial charge is 0.294 e. The van der Waals surface area contributed by atoms with Gasteiger partial charge in [-0.1, -0.05) is 78.9 Å². The van der Waals surface area contributed by atoms with E-state index in [9.17, 15) is 0 Å². The zero-order chi connectivity index (χ0) is 24.1. The van der Waals surface area contributed by atoms with Crippen molar-refractivity contribution in [3.8, 4) is 28.1 Å². The van der Waals surface area contributed by atoms with Crippen LogP contribution in [0.4, 0.5) is 0 Å². The van der Waals surface area contributed by atoms with E-state index in [1.807, 2.05) is 12.3 Å². The molecule has 0 unspecified atom stereocenters. The standard InChI is InChI=1S/C34H19N3/c1-2-12-27-25(9-1)32-28(17-16-24-23-10-3-6-20-7-4-11-26(30(20)23)31(24)32)37(27)29-18-15-22-14-13-21-8-5-19-35-33(21)34(22)36-29/h1-19H. The molecule has 1 aliphatic carbocycles. The van der Waals surface area contributed by atoms with E-state index >= 15 is 0 Å². The summed E-state index contributed by atoms with van der Waals surface area (Å²) in [6.07, 6.45) is 1.85. The average molecular weight is 470 g/mol. The molecule has 0 spiro atoms. The first-order chi connectivity index (χ1) is 18.4. The van der Waals surface area contributed by atoms with Crippen LogP contribution >= 0.6 is 0 Å². The predicted octanol–water partition coefficient (Wildman–Crippen LogP) is 8.68. The number of fused-ring (bicyclic) bond motifs is 10. The highest BCUT2D eigenvalue weighted by molar-refractivity contribution is 6.26. The van der Waals surface area contributed by atoms with Gasteiger partial charge >= 0.3 is 0 Å². The molecule has 37 heavy (non-hydrogen) atoms. The zero-order valence-electron chi connectivity index (χ0n) is 19.8. The van der Waals surface area contributed by atoms with Crippen LogP contribution in [-0.4, -0.2) is 14.5 Å². The van der Waals surface area contributed by atoms with E-state index < -0.39 is 0 Å². The minimum absolute atomic E-state index is 0.908. The monoisotopic (exact) mass is 469 g/mol. The van der Waals surface area contributed by atoms with Crippen LogP contribution < -0.4 is 0 Å². The van der Waals surface area contributed by atoms with Crippen LogP contribution in [0.1, 0.15) is 0 Å². The minimum atomic E-state index is 0.908. The summed E-state index contributed by atoms with van der Waals surface area (Å²) in [5.74, 6) is 0.908. The summed E-state index contributed by atoms with van der Waals surface area (Å²) in [4.78, 5) is 9.89. The maximum atomic E-state index is 5.22. The summed E-state index contributed by atoms with van der Waals surface area (Å²) < 4.78 is 2.31. The Morgan fingerprint density at radius 3 is 2.19 bits per heavy atom. The van der Waals surface area contributed by atoms with Gasteiger partial charge < -0.3 is 0 Å². The highest BCUT2D eigenvalue weighted by atomic mass is 15.1. The lowest BCUT2D eigenvalue weighted by atomic mass is 9.98. The van der Waals surface area contributed by atoms with Crippen LogP contribution in [0, 0.1) is 0 Å². The van der Waals surface area contributed by atoms with Crippen molar-refractivity contribution in [1.29, 1.82) is 0 Å². The molecule has 3 heteroatoms. The molecule has 0 saturated carbocycles. The van der Waals surface area contributed by atoms with Gasteiger partial charge in [0.05, 0.1) is 22.1 Å². The maximum absolute atomic E-state index is 5.22. The summed E-state index contributed by atoms with van der Waals surface area (Å²) in [7, 11) is 0. The summed E-state index contributed by atoms with van der Waals surface area (Å²) in [5.41, 5.74) is 9.47. The Morgan fingerprint density at radius 1 is 0.486 bits per heavy atom. The minimum Gasteiger partial charge on any atom is -0.294 e. The number of hydrogen-bond donors (Lipinski definition) is 0. The van der Waals surface area contributed by atoms with E-state index in [1.54, 1.807) is 0 Å². The Balaban J connectivity index is 1.43. The zero-order valence-corrected chi connectivity index (χ0v) is 19.8. The van der Waals surface area contributed by atoms with Gasteiger partial charge in [0.1, 0.15) is 5.82 Å². The topological polar surface area (TPSA) is 30.7 Å². The molecule has 0 bridgehead atoms. The third-order valence-corrected chi connectivity index (χ3v) is 7.95. The lowest BCUT2D eigenvalue weighted by Crippen LogP contribution is -1.98. The molecule has 170 valence electrons. The van der Waals surface area contributed by atoms with Gasteiger partial charge in [-0.15, -0.1) is 0 Å². The average Bonchev–Trinajstić information content (AvgIpc) is 3.47. The molecule has 0 radical (unpaired) electrons. The number of rotatable bonds is 1. The van der Waals surface area contributed by atoms with Crippen molar-refractivity contribution in [1.82, 2.24) is 14.5 Å². The first kappa shape index (κ1) is 19.2. The summed E-state index contributed by atoms with van der Waals surface area (Å²) >= 11 is 0. The summed E-state index contributed by atoms with van der Waals surface area (Å²) in [5, 5.41) is 7.38. The van der Waals surface area contributed by atoms with Crippen molar-refractivity contribution < 1.29 is 0 Å². The van der Waals surface area contributed by atoms with Crippen LogP contribution in [0.25, 0.3) is 82.5 Å². The van der Waals surface area contributed by atoms with E-state index in [0.29, 0.717) is 0 Å². The third-order valence-electron chi connectivity index (χ3n) is 7.95. The quantitative estimate of drug-likeness (QED) is 0.225. The fourth-order valence-electron chi connectivity index (χ4n) is 6.42. The van der Waals surface area contributed by atoms with Crippen molar-refractivity contribution in [2.24, 2.45) is 0 Å². The van der Waals surface area contributed by atoms with E-state index in [1.165, 1.54) is 49.3 Å². The smallest absolute Gasteiger partial charge is 0.138 e. The molecule has 0 amide bonds. The Kier molecular flexibility index (Phi) is 3.53. The molecule has 3 nitrogen and oxygen atoms in total. The SMILES string of the molecule is c1cc2c3c(cccc3c1)-c1c-2ccc2c1c1ccccc1n2-c1ccc2ccc3cccnc3c2n1. The van der Waals surface area contributed by atoms with Crippen LogP contribution in [0.2, 0.25) is 0 Å². The molecule has 3 aromatic heterocycles. The van der Waals surface area contributed by atoms with E-state index in [4.69, 9.17) is 4.98 Å². The van der Waals surface area contributed by atoms with Crippen molar-refractivity contribution in [2.75, 3.05) is 0 Å². The third kappa shape index (κ3) is 2.41. The molecular weight excluding hydrogens is 450 g/mol. The Labute approximate surface area is 212 Å². The molecule has 0 fully saturated rings. The first-order valence-electron chi connectivity index (χ1n) is 12.6. The van der Waals surface area contributed by atoms with Crippen LogP contribution in [-0.2, 0) is 0 Å². The van der Waals surface area contributed by atoms with Gasteiger partial charge in [0.25, 0.3) is 0 Å². The summed E-state index contributed by atoms with van der Waals surface area (Å²) in [6, 6.07) is 39.2. The number of hydrogen-bond acceptors (Lipinski definition) is 2. The fraction of sp³-hybridized carbons (Fsp3) is 0. The lowest BCUT2D eigenvalue weighted by Gasteiger charge is -2.10. The molecule has 8 aromatic rings. The van der Waals surface area contributed by atoms with Gasteiger partial charge in [-0.05, 0) is 57.8 Å². The van der Waals surface area contributed by atoms with Gasteiger partial charge in [-0.25, -0.2) is 4.98 Å². The molecular formula is C34H19N3. The Morgan fingerprint density at radius 2 is 1.27 bits per heavy atom. The van der Waals surface area contributed by atoms with Crippen molar-refractivity contribution in [3.05, 3.63) is 115 Å². The van der Waals surface area contributed by atoms with Crippen LogP contribution in [0.3, 0.4) is 0 Å². The number of para-hydroxylation sites is 1. The molecule has 0 saturated heterocycles. The van der Waals surface area contributed by atoms with Crippen molar-refractivity contribution >= 4 is 54.4 Å². The lowest BCUT2D eigenvalue weighted by molar-refractivity contribution is 1.10. The first-order valence-corrected chi connectivity index (χ1v) is 12.6. The molecule has 9 rings (SSSR count). The fourth-order valence-corrected chi connectivity index (χ4v) is 6.42. The number of pyridine rings is 2. The highest BCUT2D eigenvalue weighted by Gasteiger charge is 2.26. The van der Waals surface area contributed by atoms with Gasteiger partial charge in [-0.3, -0.25) is 9.55 Å². The van der Waals surface area contributed by atoms with Gasteiger partial charge in [-0.2, -0.15) is 0 Å². The second-order valence-electron chi connectivity index (χ2n) is 9.83. The second-order valence-corrected chi connectivity index (χ2v) is 9.83. The number of aromatic nitrogens is 3. The van der Waals surface area contributed by atoms with Crippen LogP contribution in [0.15, 0.2) is 115 Å². The molecule has 0 N–H and O–H groups in total. The maximum Gasteiger partial charge on any atom is 0.138 e. The van der Waals surface area contributed by atoms with Gasteiger partial charge in [0.15, 0.2) is 0 Å². The summed E-state index contributed by atoms with van der Waals surface area (Å²) in [6.45, 7) is 0. The highest BCUT2D eigenvalue weighted by Crippen LogP contribution is 2.52. The Hall–Kier alpha value is -5.02. The molecule has 0 aliphatic heterocycles. The second kappa shape index (κ2) is 6.80.